The van der Waals surface area contributed by atoms with Crippen LogP contribution in [-0.2, 0) is 0 Å². The molecule has 1 saturated carbocycles. The first-order chi connectivity index (χ1) is 5.22. The smallest absolute Gasteiger partial charge is 0.00440 e. The highest BCUT2D eigenvalue weighted by Crippen LogP contribution is 2.30. The maximum atomic E-state index is 5.95. The Kier molecular flexibility index (Phi) is 3.38. The monoisotopic (exact) mass is 155 g/mol. The molecule has 0 saturated heterocycles. The summed E-state index contributed by atoms with van der Waals surface area (Å²) in [7, 11) is 0. The Morgan fingerprint density at radius 3 is 2.55 bits per heavy atom. The van der Waals surface area contributed by atoms with Crippen molar-refractivity contribution in [1.82, 2.24) is 0 Å². The largest absolute Gasteiger partial charge is 0.328 e. The molecule has 0 bridgehead atoms. The van der Waals surface area contributed by atoms with Crippen LogP contribution in [0.4, 0.5) is 0 Å². The molecule has 0 aliphatic heterocycles. The van der Waals surface area contributed by atoms with E-state index >= 15 is 0 Å². The van der Waals surface area contributed by atoms with E-state index in [4.69, 9.17) is 5.73 Å². The molecule has 0 amide bonds. The van der Waals surface area contributed by atoms with Crippen LogP contribution in [0, 0.1) is 11.8 Å². The molecule has 1 fully saturated rings. The minimum atomic E-state index is 0.496. The SMILES string of the molecule is CCCC1C[C@@H](C)C[C@@H](N)C1. The highest BCUT2D eigenvalue weighted by atomic mass is 14.6. The second kappa shape index (κ2) is 4.10. The van der Waals surface area contributed by atoms with Gasteiger partial charge in [0.2, 0.25) is 0 Å². The second-order valence-corrected chi connectivity index (χ2v) is 4.23. The van der Waals surface area contributed by atoms with Gasteiger partial charge in [0, 0.05) is 6.04 Å². The molecule has 11 heavy (non-hydrogen) atoms. The number of rotatable bonds is 2. The van der Waals surface area contributed by atoms with Gasteiger partial charge in [0.25, 0.3) is 0 Å². The summed E-state index contributed by atoms with van der Waals surface area (Å²) in [6, 6.07) is 0.496. The average molecular weight is 155 g/mol. The zero-order valence-corrected chi connectivity index (χ0v) is 7.84. The van der Waals surface area contributed by atoms with E-state index in [2.05, 4.69) is 13.8 Å². The van der Waals surface area contributed by atoms with E-state index in [-0.39, 0.29) is 0 Å². The fraction of sp³-hybridized carbons (Fsp3) is 1.00. The molecule has 0 aromatic carbocycles. The number of hydrogen-bond donors (Lipinski definition) is 1. The molecule has 1 rings (SSSR count). The lowest BCUT2D eigenvalue weighted by Gasteiger charge is -2.31. The molecule has 0 aromatic rings. The average Bonchev–Trinajstić information content (AvgIpc) is 1.85. The third kappa shape index (κ3) is 2.82. The van der Waals surface area contributed by atoms with Gasteiger partial charge in [-0.3, -0.25) is 0 Å². The van der Waals surface area contributed by atoms with Crippen molar-refractivity contribution in [2.45, 2.75) is 52.0 Å². The fourth-order valence-corrected chi connectivity index (χ4v) is 2.45. The summed E-state index contributed by atoms with van der Waals surface area (Å²) in [6.45, 7) is 4.60. The summed E-state index contributed by atoms with van der Waals surface area (Å²) in [5, 5.41) is 0. The number of nitrogens with two attached hydrogens (primary N) is 1. The molecule has 1 aliphatic carbocycles. The van der Waals surface area contributed by atoms with Crippen LogP contribution in [0.15, 0.2) is 0 Å². The van der Waals surface area contributed by atoms with Crippen LogP contribution >= 0.6 is 0 Å². The van der Waals surface area contributed by atoms with Gasteiger partial charge < -0.3 is 5.73 Å². The Labute approximate surface area is 70.4 Å². The van der Waals surface area contributed by atoms with Gasteiger partial charge in [0.05, 0.1) is 0 Å². The van der Waals surface area contributed by atoms with Crippen LogP contribution in [0.2, 0.25) is 0 Å². The molecular weight excluding hydrogens is 134 g/mol. The summed E-state index contributed by atoms with van der Waals surface area (Å²) in [6.07, 6.45) is 6.65. The summed E-state index contributed by atoms with van der Waals surface area (Å²) in [5.41, 5.74) is 5.95. The molecule has 66 valence electrons. The minimum absolute atomic E-state index is 0.496. The topological polar surface area (TPSA) is 26.0 Å². The normalized spacial score (nSPS) is 39.0. The Bertz CT molecular complexity index is 101. The first-order valence-electron chi connectivity index (χ1n) is 4.98. The van der Waals surface area contributed by atoms with Gasteiger partial charge in [0.15, 0.2) is 0 Å². The van der Waals surface area contributed by atoms with Gasteiger partial charge in [-0.05, 0) is 31.1 Å². The van der Waals surface area contributed by atoms with E-state index in [1.54, 1.807) is 0 Å². The summed E-state index contributed by atoms with van der Waals surface area (Å²) in [5.74, 6) is 1.80. The van der Waals surface area contributed by atoms with Crippen molar-refractivity contribution in [2.24, 2.45) is 17.6 Å². The van der Waals surface area contributed by atoms with E-state index in [0.29, 0.717) is 6.04 Å². The van der Waals surface area contributed by atoms with Crippen molar-refractivity contribution in [3.8, 4) is 0 Å². The molecule has 0 radical (unpaired) electrons. The summed E-state index contributed by atoms with van der Waals surface area (Å²) >= 11 is 0. The van der Waals surface area contributed by atoms with Crippen LogP contribution in [-0.4, -0.2) is 6.04 Å². The lowest BCUT2D eigenvalue weighted by Crippen LogP contribution is -2.31. The first-order valence-corrected chi connectivity index (χ1v) is 4.98. The van der Waals surface area contributed by atoms with Crippen molar-refractivity contribution in [1.29, 1.82) is 0 Å². The van der Waals surface area contributed by atoms with Crippen LogP contribution in [0.1, 0.15) is 46.0 Å². The van der Waals surface area contributed by atoms with E-state index < -0.39 is 0 Å². The van der Waals surface area contributed by atoms with Crippen molar-refractivity contribution in [3.05, 3.63) is 0 Å². The maximum absolute atomic E-state index is 5.95. The summed E-state index contributed by atoms with van der Waals surface area (Å²) < 4.78 is 0. The third-order valence-corrected chi connectivity index (χ3v) is 2.77. The van der Waals surface area contributed by atoms with Crippen LogP contribution in [0.25, 0.3) is 0 Å². The lowest BCUT2D eigenvalue weighted by atomic mass is 9.78. The number of hydrogen-bond acceptors (Lipinski definition) is 1. The standard InChI is InChI=1S/C10H21N/c1-3-4-9-5-8(2)6-10(11)7-9/h8-10H,3-7,11H2,1-2H3/t8-,9?,10-/m1/s1. The highest BCUT2D eigenvalue weighted by molar-refractivity contribution is 4.78. The molecule has 1 nitrogen and oxygen atoms in total. The zero-order valence-electron chi connectivity index (χ0n) is 7.84. The van der Waals surface area contributed by atoms with Crippen molar-refractivity contribution in [3.63, 3.8) is 0 Å². The molecular formula is C10H21N. The molecule has 3 atom stereocenters. The predicted octanol–water partition coefficient (Wildman–Crippen LogP) is 2.55. The van der Waals surface area contributed by atoms with Gasteiger partial charge >= 0.3 is 0 Å². The van der Waals surface area contributed by atoms with Crippen molar-refractivity contribution in [2.75, 3.05) is 0 Å². The second-order valence-electron chi connectivity index (χ2n) is 4.23. The van der Waals surface area contributed by atoms with Gasteiger partial charge in [0.1, 0.15) is 0 Å². The Morgan fingerprint density at radius 1 is 1.27 bits per heavy atom. The molecule has 1 aliphatic rings. The first kappa shape index (κ1) is 9.05. The summed E-state index contributed by atoms with van der Waals surface area (Å²) in [4.78, 5) is 0. The molecule has 2 N–H and O–H groups in total. The van der Waals surface area contributed by atoms with Gasteiger partial charge in [-0.1, -0.05) is 26.7 Å². The molecule has 0 aromatic heterocycles. The Hall–Kier alpha value is -0.0400. The van der Waals surface area contributed by atoms with Gasteiger partial charge in [-0.15, -0.1) is 0 Å². The van der Waals surface area contributed by atoms with Gasteiger partial charge in [-0.2, -0.15) is 0 Å². The van der Waals surface area contributed by atoms with Crippen LogP contribution < -0.4 is 5.73 Å². The van der Waals surface area contributed by atoms with E-state index in [9.17, 15) is 0 Å². The lowest BCUT2D eigenvalue weighted by molar-refractivity contribution is 0.241. The molecule has 0 heterocycles. The zero-order chi connectivity index (χ0) is 8.27. The molecule has 1 unspecified atom stereocenters. The van der Waals surface area contributed by atoms with E-state index in [1.807, 2.05) is 0 Å². The Balaban J connectivity index is 2.30. The van der Waals surface area contributed by atoms with Crippen molar-refractivity contribution < 1.29 is 0 Å². The predicted molar refractivity (Wildman–Crippen MR) is 49.4 cm³/mol. The van der Waals surface area contributed by atoms with E-state index in [1.165, 1.54) is 32.1 Å². The van der Waals surface area contributed by atoms with Crippen LogP contribution in [0.5, 0.6) is 0 Å². The molecule has 1 heteroatoms. The fourth-order valence-electron chi connectivity index (χ4n) is 2.45. The van der Waals surface area contributed by atoms with Gasteiger partial charge in [-0.25, -0.2) is 0 Å². The maximum Gasteiger partial charge on any atom is 0.00440 e. The van der Waals surface area contributed by atoms with Crippen molar-refractivity contribution >= 4 is 0 Å². The van der Waals surface area contributed by atoms with E-state index in [0.717, 1.165) is 11.8 Å². The third-order valence-electron chi connectivity index (χ3n) is 2.77. The van der Waals surface area contributed by atoms with Crippen LogP contribution in [0.3, 0.4) is 0 Å². The Morgan fingerprint density at radius 2 is 2.00 bits per heavy atom. The molecule has 0 spiro atoms. The minimum Gasteiger partial charge on any atom is -0.328 e. The highest BCUT2D eigenvalue weighted by Gasteiger charge is 2.22. The quantitative estimate of drug-likeness (QED) is 0.651.